The summed E-state index contributed by atoms with van der Waals surface area (Å²) >= 11 is 5.68. The van der Waals surface area contributed by atoms with E-state index in [-0.39, 0.29) is 16.5 Å². The maximum Gasteiger partial charge on any atom is 0.390 e. The molecule has 2 heterocycles. The van der Waals surface area contributed by atoms with Crippen LogP contribution in [-0.4, -0.2) is 20.9 Å². The number of nitriles is 1. The molecule has 0 radical (unpaired) electrons. The Morgan fingerprint density at radius 1 is 1.39 bits per heavy atom. The molecule has 0 atom stereocenters. The minimum atomic E-state index is -4.29. The number of rotatable bonds is 2. The Labute approximate surface area is 105 Å². The standard InChI is InChI=1S/C10H6ClF3N4/c11-8-2-1-6-7(5-15)17-18(9(6)16-8)4-3-10(12,13)14/h1-2H,3-4H2. The van der Waals surface area contributed by atoms with Crippen LogP contribution in [0.15, 0.2) is 12.1 Å². The summed E-state index contributed by atoms with van der Waals surface area (Å²) < 4.78 is 37.5. The van der Waals surface area contributed by atoms with Crippen LogP contribution in [0, 0.1) is 11.3 Å². The highest BCUT2D eigenvalue weighted by Crippen LogP contribution is 2.23. The number of fused-ring (bicyclic) bond motifs is 1. The number of aryl methyl sites for hydroxylation is 1. The Bertz CT molecular complexity index is 626. The van der Waals surface area contributed by atoms with Crippen LogP contribution in [0.25, 0.3) is 11.0 Å². The van der Waals surface area contributed by atoms with Gasteiger partial charge in [0.2, 0.25) is 0 Å². The number of hydrogen-bond acceptors (Lipinski definition) is 3. The topological polar surface area (TPSA) is 54.5 Å². The normalized spacial score (nSPS) is 11.7. The number of hydrogen-bond donors (Lipinski definition) is 0. The van der Waals surface area contributed by atoms with Crippen molar-refractivity contribution in [1.82, 2.24) is 14.8 Å². The lowest BCUT2D eigenvalue weighted by Gasteiger charge is -2.06. The Hall–Kier alpha value is -1.81. The Kier molecular flexibility index (Phi) is 3.13. The second-order valence-corrected chi connectivity index (χ2v) is 3.94. The lowest BCUT2D eigenvalue weighted by atomic mass is 10.3. The molecule has 0 saturated carbocycles. The van der Waals surface area contributed by atoms with Gasteiger partial charge in [0.15, 0.2) is 11.3 Å². The first-order valence-corrected chi connectivity index (χ1v) is 5.28. The third-order valence-corrected chi connectivity index (χ3v) is 2.48. The fourth-order valence-electron chi connectivity index (χ4n) is 1.50. The zero-order valence-corrected chi connectivity index (χ0v) is 9.63. The van der Waals surface area contributed by atoms with Gasteiger partial charge in [-0.05, 0) is 12.1 Å². The summed E-state index contributed by atoms with van der Waals surface area (Å²) in [6, 6.07) is 4.78. The Morgan fingerprint density at radius 2 is 2.11 bits per heavy atom. The molecule has 2 rings (SSSR count). The highest BCUT2D eigenvalue weighted by atomic mass is 35.5. The first-order chi connectivity index (χ1) is 8.40. The number of nitrogens with zero attached hydrogens (tertiary/aromatic N) is 4. The molecule has 0 spiro atoms. The number of pyridine rings is 1. The van der Waals surface area contributed by atoms with Crippen LogP contribution in [0.2, 0.25) is 5.15 Å². The molecule has 0 N–H and O–H groups in total. The van der Waals surface area contributed by atoms with Gasteiger partial charge >= 0.3 is 6.18 Å². The Morgan fingerprint density at radius 3 is 2.72 bits per heavy atom. The maximum absolute atomic E-state index is 12.2. The van der Waals surface area contributed by atoms with Crippen molar-refractivity contribution in [3.8, 4) is 6.07 Å². The summed E-state index contributed by atoms with van der Waals surface area (Å²) in [6.45, 7) is -0.394. The molecular weight excluding hydrogens is 269 g/mol. The summed E-state index contributed by atoms with van der Waals surface area (Å²) in [5, 5.41) is 13.2. The van der Waals surface area contributed by atoms with E-state index in [1.54, 1.807) is 0 Å². The van der Waals surface area contributed by atoms with Gasteiger partial charge in [0.05, 0.1) is 18.4 Å². The minimum Gasteiger partial charge on any atom is -0.246 e. The largest absolute Gasteiger partial charge is 0.390 e. The number of alkyl halides is 3. The van der Waals surface area contributed by atoms with Crippen molar-refractivity contribution in [2.24, 2.45) is 0 Å². The molecule has 0 unspecified atom stereocenters. The average Bonchev–Trinajstić information content (AvgIpc) is 2.63. The third-order valence-electron chi connectivity index (χ3n) is 2.27. The molecular formula is C10H6ClF3N4. The summed E-state index contributed by atoms with van der Waals surface area (Å²) in [5.41, 5.74) is 0.222. The van der Waals surface area contributed by atoms with E-state index in [1.807, 2.05) is 6.07 Å². The molecule has 0 aliphatic rings. The van der Waals surface area contributed by atoms with Gasteiger partial charge in [0, 0.05) is 0 Å². The molecule has 0 saturated heterocycles. The van der Waals surface area contributed by atoms with Crippen molar-refractivity contribution in [3.05, 3.63) is 23.0 Å². The fraction of sp³-hybridized carbons (Fsp3) is 0.300. The van der Waals surface area contributed by atoms with Crippen LogP contribution in [0.4, 0.5) is 13.2 Å². The summed E-state index contributed by atoms with van der Waals surface area (Å²) in [4.78, 5) is 3.89. The van der Waals surface area contributed by atoms with Crippen LogP contribution >= 0.6 is 11.6 Å². The van der Waals surface area contributed by atoms with Crippen molar-refractivity contribution in [2.75, 3.05) is 0 Å². The summed E-state index contributed by atoms with van der Waals surface area (Å²) in [5.74, 6) is 0. The van der Waals surface area contributed by atoms with Gasteiger partial charge in [-0.25, -0.2) is 9.67 Å². The van der Waals surface area contributed by atoms with Crippen LogP contribution in [0.3, 0.4) is 0 Å². The van der Waals surface area contributed by atoms with Crippen LogP contribution in [-0.2, 0) is 6.54 Å². The number of aromatic nitrogens is 3. The van der Waals surface area contributed by atoms with Gasteiger partial charge in [0.25, 0.3) is 0 Å². The van der Waals surface area contributed by atoms with E-state index in [4.69, 9.17) is 16.9 Å². The monoisotopic (exact) mass is 274 g/mol. The quantitative estimate of drug-likeness (QED) is 0.791. The van der Waals surface area contributed by atoms with Crippen LogP contribution in [0.1, 0.15) is 12.1 Å². The molecule has 4 nitrogen and oxygen atoms in total. The smallest absolute Gasteiger partial charge is 0.246 e. The average molecular weight is 275 g/mol. The van der Waals surface area contributed by atoms with Crippen LogP contribution < -0.4 is 0 Å². The van der Waals surface area contributed by atoms with Gasteiger partial charge in [-0.3, -0.25) is 0 Å². The highest BCUT2D eigenvalue weighted by molar-refractivity contribution is 6.29. The van der Waals surface area contributed by atoms with Gasteiger partial charge < -0.3 is 0 Å². The van der Waals surface area contributed by atoms with Crippen molar-refractivity contribution < 1.29 is 13.2 Å². The zero-order chi connectivity index (χ0) is 13.3. The lowest BCUT2D eigenvalue weighted by molar-refractivity contribution is -0.137. The predicted molar refractivity (Wildman–Crippen MR) is 57.9 cm³/mol. The van der Waals surface area contributed by atoms with Gasteiger partial charge in [-0.2, -0.15) is 23.5 Å². The predicted octanol–water partition coefficient (Wildman–Crippen LogP) is 2.91. The number of halogens is 4. The molecule has 0 fully saturated rings. The zero-order valence-electron chi connectivity index (χ0n) is 8.87. The van der Waals surface area contributed by atoms with Crippen LogP contribution in [0.5, 0.6) is 0 Å². The van der Waals surface area contributed by atoms with Crippen molar-refractivity contribution in [3.63, 3.8) is 0 Å². The molecule has 0 aliphatic carbocycles. The lowest BCUT2D eigenvalue weighted by Crippen LogP contribution is -2.13. The molecule has 0 bridgehead atoms. The van der Waals surface area contributed by atoms with E-state index in [2.05, 4.69) is 10.1 Å². The van der Waals surface area contributed by atoms with E-state index in [9.17, 15) is 13.2 Å². The molecule has 8 heteroatoms. The van der Waals surface area contributed by atoms with E-state index in [1.165, 1.54) is 12.1 Å². The van der Waals surface area contributed by atoms with E-state index in [0.29, 0.717) is 5.39 Å². The van der Waals surface area contributed by atoms with Gasteiger partial charge in [-0.15, -0.1) is 0 Å². The molecule has 0 aromatic carbocycles. The Balaban J connectivity index is 2.44. The first kappa shape index (κ1) is 12.6. The molecule has 2 aromatic heterocycles. The molecule has 0 amide bonds. The second kappa shape index (κ2) is 4.46. The third kappa shape index (κ3) is 2.54. The molecule has 2 aromatic rings. The highest BCUT2D eigenvalue weighted by Gasteiger charge is 2.27. The van der Waals surface area contributed by atoms with Gasteiger partial charge in [0.1, 0.15) is 11.2 Å². The molecule has 18 heavy (non-hydrogen) atoms. The fourth-order valence-corrected chi connectivity index (χ4v) is 1.64. The maximum atomic E-state index is 12.2. The van der Waals surface area contributed by atoms with Gasteiger partial charge in [-0.1, -0.05) is 11.6 Å². The van der Waals surface area contributed by atoms with E-state index < -0.39 is 19.1 Å². The minimum absolute atomic E-state index is 0.0383. The first-order valence-electron chi connectivity index (χ1n) is 4.90. The van der Waals surface area contributed by atoms with Crippen molar-refractivity contribution >= 4 is 22.6 Å². The van der Waals surface area contributed by atoms with E-state index in [0.717, 1.165) is 4.68 Å². The van der Waals surface area contributed by atoms with E-state index >= 15 is 0 Å². The van der Waals surface area contributed by atoms with Crippen molar-refractivity contribution in [1.29, 1.82) is 5.26 Å². The van der Waals surface area contributed by atoms with Crippen molar-refractivity contribution in [2.45, 2.75) is 19.1 Å². The summed E-state index contributed by atoms with van der Waals surface area (Å²) in [7, 11) is 0. The molecule has 94 valence electrons. The second-order valence-electron chi connectivity index (χ2n) is 3.55. The SMILES string of the molecule is N#Cc1nn(CCC(F)(F)F)c2nc(Cl)ccc12. The molecule has 0 aliphatic heterocycles. The summed E-state index contributed by atoms with van der Waals surface area (Å²) in [6.07, 6.45) is -5.33.